The molecule has 1 heterocycles. The van der Waals surface area contributed by atoms with E-state index in [-0.39, 0.29) is 30.8 Å². The van der Waals surface area contributed by atoms with E-state index in [0.717, 1.165) is 5.56 Å². The molecule has 0 aliphatic rings. The van der Waals surface area contributed by atoms with Crippen molar-refractivity contribution in [2.45, 2.75) is 25.9 Å². The Morgan fingerprint density at radius 2 is 1.96 bits per heavy atom. The number of esters is 1. The number of nitrogens with one attached hydrogen (secondary N) is 2. The molecule has 0 aliphatic carbocycles. The van der Waals surface area contributed by atoms with Crippen LogP contribution in [0.1, 0.15) is 29.3 Å². The average Bonchev–Trinajstić information content (AvgIpc) is 2.66. The van der Waals surface area contributed by atoms with Crippen LogP contribution in [0.2, 0.25) is 0 Å². The third-order valence-electron chi connectivity index (χ3n) is 3.66. The molecule has 2 rings (SSSR count). The van der Waals surface area contributed by atoms with E-state index in [9.17, 15) is 19.5 Å². The number of carbonyl (C=O) groups is 3. The molecule has 8 nitrogen and oxygen atoms in total. The largest absolute Gasteiger partial charge is 0.480 e. The van der Waals surface area contributed by atoms with Gasteiger partial charge in [0, 0.05) is 18.9 Å². The van der Waals surface area contributed by atoms with Crippen molar-refractivity contribution in [2.75, 3.05) is 11.9 Å². The quantitative estimate of drug-likeness (QED) is 0.576. The number of benzene rings is 1. The standard InChI is InChI=1S/C19H21N3O5/c1-2-27-19(26)14-7-3-4-8-15(14)22-17(23)10-16(18(24)25)21-12-13-6-5-9-20-11-13/h3-9,11,16,21H,2,10,12H2,1H3,(H,22,23)(H,24,25). The van der Waals surface area contributed by atoms with Crippen molar-refractivity contribution in [3.8, 4) is 0 Å². The summed E-state index contributed by atoms with van der Waals surface area (Å²) in [6, 6.07) is 8.86. The second kappa shape index (κ2) is 10.0. The summed E-state index contributed by atoms with van der Waals surface area (Å²) >= 11 is 0. The van der Waals surface area contributed by atoms with Crippen LogP contribution < -0.4 is 10.6 Å². The fraction of sp³-hybridized carbons (Fsp3) is 0.263. The second-order valence-electron chi connectivity index (χ2n) is 5.65. The minimum atomic E-state index is -1.15. The maximum absolute atomic E-state index is 12.3. The number of nitrogens with zero attached hydrogens (tertiary/aromatic N) is 1. The van der Waals surface area contributed by atoms with Gasteiger partial charge < -0.3 is 15.2 Å². The normalized spacial score (nSPS) is 11.4. The minimum Gasteiger partial charge on any atom is -0.480 e. The van der Waals surface area contributed by atoms with Crippen LogP contribution in [0.4, 0.5) is 5.69 Å². The molecule has 8 heteroatoms. The van der Waals surface area contributed by atoms with Gasteiger partial charge in [0.2, 0.25) is 5.91 Å². The van der Waals surface area contributed by atoms with Crippen LogP contribution in [-0.4, -0.2) is 40.6 Å². The van der Waals surface area contributed by atoms with Crippen LogP contribution in [0.25, 0.3) is 0 Å². The fourth-order valence-electron chi connectivity index (χ4n) is 2.36. The molecular weight excluding hydrogens is 350 g/mol. The zero-order valence-corrected chi connectivity index (χ0v) is 14.8. The number of amides is 1. The van der Waals surface area contributed by atoms with Gasteiger partial charge in [0.05, 0.1) is 24.3 Å². The third kappa shape index (κ3) is 6.19. The van der Waals surface area contributed by atoms with Gasteiger partial charge in [-0.3, -0.25) is 19.9 Å². The van der Waals surface area contributed by atoms with Crippen LogP contribution in [-0.2, 0) is 20.9 Å². The van der Waals surface area contributed by atoms with Crippen LogP contribution in [0.5, 0.6) is 0 Å². The first-order valence-electron chi connectivity index (χ1n) is 8.42. The molecule has 0 bridgehead atoms. The lowest BCUT2D eigenvalue weighted by atomic mass is 10.1. The van der Waals surface area contributed by atoms with Crippen LogP contribution in [0.15, 0.2) is 48.8 Å². The number of aromatic nitrogens is 1. The van der Waals surface area contributed by atoms with Gasteiger partial charge in [0.15, 0.2) is 0 Å². The molecule has 0 fully saturated rings. The molecule has 0 spiro atoms. The minimum absolute atomic E-state index is 0.209. The maximum atomic E-state index is 12.3. The highest BCUT2D eigenvalue weighted by molar-refractivity contribution is 6.02. The van der Waals surface area contributed by atoms with E-state index in [1.807, 2.05) is 0 Å². The molecule has 1 atom stereocenters. The number of hydrogen-bond donors (Lipinski definition) is 3. The molecule has 0 saturated heterocycles. The Balaban J connectivity index is 2.00. The summed E-state index contributed by atoms with van der Waals surface area (Å²) in [5, 5.41) is 14.7. The van der Waals surface area contributed by atoms with E-state index >= 15 is 0 Å². The van der Waals surface area contributed by atoms with E-state index in [1.165, 1.54) is 6.07 Å². The first-order valence-corrected chi connectivity index (χ1v) is 8.42. The van der Waals surface area contributed by atoms with E-state index < -0.39 is 23.9 Å². The van der Waals surface area contributed by atoms with E-state index in [4.69, 9.17) is 4.74 Å². The lowest BCUT2D eigenvalue weighted by Crippen LogP contribution is -2.39. The van der Waals surface area contributed by atoms with E-state index in [2.05, 4.69) is 15.6 Å². The Bertz CT molecular complexity index is 795. The summed E-state index contributed by atoms with van der Waals surface area (Å²) in [4.78, 5) is 39.6. The Kier molecular flexibility index (Phi) is 7.45. The van der Waals surface area contributed by atoms with Crippen molar-refractivity contribution >= 4 is 23.5 Å². The maximum Gasteiger partial charge on any atom is 0.340 e. The van der Waals surface area contributed by atoms with Gasteiger partial charge in [-0.15, -0.1) is 0 Å². The Hall–Kier alpha value is -3.26. The summed E-state index contributed by atoms with van der Waals surface area (Å²) < 4.78 is 4.95. The third-order valence-corrected chi connectivity index (χ3v) is 3.66. The first-order chi connectivity index (χ1) is 13.0. The molecule has 3 N–H and O–H groups in total. The first kappa shape index (κ1) is 20.1. The highest BCUT2D eigenvalue weighted by Gasteiger charge is 2.22. The van der Waals surface area contributed by atoms with Gasteiger partial charge in [0.1, 0.15) is 6.04 Å². The predicted molar refractivity (Wildman–Crippen MR) is 98.1 cm³/mol. The monoisotopic (exact) mass is 371 g/mol. The fourth-order valence-corrected chi connectivity index (χ4v) is 2.36. The molecule has 1 aromatic heterocycles. The van der Waals surface area contributed by atoms with Gasteiger partial charge in [-0.2, -0.15) is 0 Å². The number of rotatable bonds is 9. The molecule has 1 aromatic carbocycles. The van der Waals surface area contributed by atoms with Crippen LogP contribution >= 0.6 is 0 Å². The highest BCUT2D eigenvalue weighted by atomic mass is 16.5. The second-order valence-corrected chi connectivity index (χ2v) is 5.65. The summed E-state index contributed by atoms with van der Waals surface area (Å²) in [7, 11) is 0. The topological polar surface area (TPSA) is 118 Å². The molecule has 0 radical (unpaired) electrons. The molecule has 0 saturated carbocycles. The molecule has 1 amide bonds. The molecule has 27 heavy (non-hydrogen) atoms. The smallest absolute Gasteiger partial charge is 0.340 e. The molecular formula is C19H21N3O5. The van der Waals surface area contributed by atoms with Crippen molar-refractivity contribution in [2.24, 2.45) is 0 Å². The number of hydrogen-bond acceptors (Lipinski definition) is 6. The average molecular weight is 371 g/mol. The SMILES string of the molecule is CCOC(=O)c1ccccc1NC(=O)CC(NCc1cccnc1)C(=O)O. The molecule has 0 aliphatic heterocycles. The summed E-state index contributed by atoms with van der Waals surface area (Å²) in [5.41, 5.74) is 1.29. The zero-order chi connectivity index (χ0) is 19.6. The molecule has 1 unspecified atom stereocenters. The molecule has 2 aromatic rings. The van der Waals surface area contributed by atoms with E-state index in [1.54, 1.807) is 49.6 Å². The Morgan fingerprint density at radius 1 is 1.19 bits per heavy atom. The summed E-state index contributed by atoms with van der Waals surface area (Å²) in [6.45, 7) is 2.16. The van der Waals surface area contributed by atoms with Crippen molar-refractivity contribution in [1.29, 1.82) is 0 Å². The van der Waals surface area contributed by atoms with Crippen LogP contribution in [0.3, 0.4) is 0 Å². The summed E-state index contributed by atoms with van der Waals surface area (Å²) in [6.07, 6.45) is 2.93. The number of carboxylic acid groups (broad SMARTS) is 1. The summed E-state index contributed by atoms with van der Waals surface area (Å²) in [5.74, 6) is -2.23. The van der Waals surface area contributed by atoms with Crippen LogP contribution in [0, 0.1) is 0 Å². The zero-order valence-electron chi connectivity index (χ0n) is 14.8. The van der Waals surface area contributed by atoms with Gasteiger partial charge in [0.25, 0.3) is 0 Å². The van der Waals surface area contributed by atoms with Crippen molar-refractivity contribution in [3.63, 3.8) is 0 Å². The Morgan fingerprint density at radius 3 is 2.63 bits per heavy atom. The number of ether oxygens (including phenoxy) is 1. The lowest BCUT2D eigenvalue weighted by Gasteiger charge is -2.15. The number of pyridine rings is 1. The number of anilines is 1. The van der Waals surface area contributed by atoms with Gasteiger partial charge in [-0.1, -0.05) is 18.2 Å². The lowest BCUT2D eigenvalue weighted by molar-refractivity contribution is -0.141. The molecule has 142 valence electrons. The van der Waals surface area contributed by atoms with Crippen molar-refractivity contribution in [3.05, 3.63) is 59.9 Å². The number of carboxylic acids is 1. The number of para-hydroxylation sites is 1. The van der Waals surface area contributed by atoms with Gasteiger partial charge in [-0.25, -0.2) is 4.79 Å². The number of carbonyl (C=O) groups excluding carboxylic acids is 2. The van der Waals surface area contributed by atoms with E-state index in [0.29, 0.717) is 0 Å². The van der Waals surface area contributed by atoms with Gasteiger partial charge in [-0.05, 0) is 30.7 Å². The number of aliphatic carboxylic acids is 1. The van der Waals surface area contributed by atoms with Gasteiger partial charge >= 0.3 is 11.9 Å². The van der Waals surface area contributed by atoms with Crippen molar-refractivity contribution in [1.82, 2.24) is 10.3 Å². The Labute approximate surface area is 156 Å². The van der Waals surface area contributed by atoms with Crippen molar-refractivity contribution < 1.29 is 24.2 Å². The predicted octanol–water partition coefficient (Wildman–Crippen LogP) is 1.83. The highest BCUT2D eigenvalue weighted by Crippen LogP contribution is 2.17.